The van der Waals surface area contributed by atoms with Crippen LogP contribution < -0.4 is 39.5 Å². The lowest BCUT2D eigenvalue weighted by atomic mass is 10.1. The maximum atomic E-state index is 3.58. The van der Waals surface area contributed by atoms with E-state index < -0.39 is 0 Å². The van der Waals surface area contributed by atoms with Crippen LogP contribution in [0.1, 0.15) is 299 Å². The van der Waals surface area contributed by atoms with Crippen molar-refractivity contribution in [3.63, 3.8) is 0 Å². The third-order valence-corrected chi connectivity index (χ3v) is 16.2. The molecule has 0 bridgehead atoms. The first-order valence-electron chi connectivity index (χ1n) is 34.5. The number of aryl methyl sites for hydroxylation is 4. The van der Waals surface area contributed by atoms with E-state index in [0.29, 0.717) is 0 Å². The number of hydrogen-bond donors (Lipinski definition) is 4. The normalized spacial score (nSPS) is 10.9. The third-order valence-electron chi connectivity index (χ3n) is 16.2. The summed E-state index contributed by atoms with van der Waals surface area (Å²) in [6.07, 6.45) is 72.0. The van der Waals surface area contributed by atoms with Crippen LogP contribution in [-0.4, -0.2) is 26.2 Å². The molecule has 8 heteroatoms. The van der Waals surface area contributed by atoms with Gasteiger partial charge in [-0.1, -0.05) is 222 Å². The summed E-state index contributed by atoms with van der Waals surface area (Å²) in [6.45, 7) is 18.1. The van der Waals surface area contributed by atoms with Gasteiger partial charge in [0.05, 0.1) is 0 Å². The van der Waals surface area contributed by atoms with Crippen molar-refractivity contribution in [2.75, 3.05) is 47.4 Å². The van der Waals surface area contributed by atoms with E-state index in [2.05, 4.69) is 165 Å². The Labute approximate surface area is 509 Å². The molecule has 0 aliphatic rings. The first-order valence-corrected chi connectivity index (χ1v) is 34.5. The second-order valence-electron chi connectivity index (χ2n) is 23.7. The monoisotopic (exact) mass is 1140 g/mol. The second-order valence-corrected chi connectivity index (χ2v) is 23.7. The Morgan fingerprint density at radius 1 is 0.207 bits per heavy atom. The van der Waals surface area contributed by atoms with Gasteiger partial charge in [-0.15, -0.1) is 0 Å². The van der Waals surface area contributed by atoms with E-state index in [1.165, 1.54) is 280 Å². The summed E-state index contributed by atoms with van der Waals surface area (Å²) >= 11 is 0. The molecule has 0 saturated heterocycles. The molecule has 0 saturated carbocycles. The smallest absolute Gasteiger partial charge is 0.170 e. The highest BCUT2D eigenvalue weighted by atomic mass is 15.0. The van der Waals surface area contributed by atoms with Gasteiger partial charge in [-0.2, -0.15) is 0 Å². The summed E-state index contributed by atoms with van der Waals surface area (Å²) < 4.78 is 9.36. The van der Waals surface area contributed by atoms with Crippen LogP contribution in [0.25, 0.3) is 0 Å². The van der Waals surface area contributed by atoms with Crippen LogP contribution in [-0.2, 0) is 26.2 Å². The molecule has 4 aromatic heterocycles. The highest BCUT2D eigenvalue weighted by Gasteiger charge is 2.06. The number of nitrogens with one attached hydrogen (secondary N) is 4. The fourth-order valence-electron chi connectivity index (χ4n) is 10.7. The minimum atomic E-state index is 0. The topological polar surface area (TPSA) is 63.6 Å². The lowest BCUT2D eigenvalue weighted by molar-refractivity contribution is -0.697. The molecule has 0 aliphatic heterocycles. The van der Waals surface area contributed by atoms with E-state index in [0.717, 1.165) is 52.4 Å². The molecule has 4 aromatic rings. The Kier molecular flexibility index (Phi) is 52.9. The molecule has 0 spiro atoms. The van der Waals surface area contributed by atoms with E-state index >= 15 is 0 Å². The molecule has 4 heterocycles. The Bertz CT molecular complexity index is 1610. The molecule has 4 rings (SSSR count). The first-order chi connectivity index (χ1) is 39.6. The van der Waals surface area contributed by atoms with Gasteiger partial charge in [0.2, 0.25) is 0 Å². The largest absolute Gasteiger partial charge is 0.385 e. The predicted octanol–water partition coefficient (Wildman–Crippen LogP) is 20.5. The van der Waals surface area contributed by atoms with Crippen molar-refractivity contribution in [3.8, 4) is 0 Å². The molecule has 0 radical (unpaired) electrons. The van der Waals surface area contributed by atoms with E-state index in [9.17, 15) is 0 Å². The van der Waals surface area contributed by atoms with E-state index in [1.807, 2.05) is 0 Å². The molecule has 0 fully saturated rings. The number of hydrogen-bond acceptors (Lipinski definition) is 4. The second kappa shape index (κ2) is 57.2. The Balaban J connectivity index is 0.000000800. The zero-order valence-electron chi connectivity index (χ0n) is 53.0. The summed E-state index contributed by atoms with van der Waals surface area (Å²) in [7, 11) is 0. The highest BCUT2D eigenvalue weighted by molar-refractivity contribution is 5.41. The summed E-state index contributed by atoms with van der Waals surface area (Å²) in [6, 6.07) is 17.9. The Morgan fingerprint density at radius 2 is 0.354 bits per heavy atom. The van der Waals surface area contributed by atoms with Gasteiger partial charge in [0, 0.05) is 123 Å². The van der Waals surface area contributed by atoms with Gasteiger partial charge < -0.3 is 21.3 Å². The average Bonchev–Trinajstić information content (AvgIpc) is 3.49. The predicted molar refractivity (Wildman–Crippen MR) is 361 cm³/mol. The number of anilines is 4. The lowest BCUT2D eigenvalue weighted by Gasteiger charge is -2.06. The molecule has 468 valence electrons. The van der Waals surface area contributed by atoms with Crippen LogP contribution in [0.4, 0.5) is 22.7 Å². The summed E-state index contributed by atoms with van der Waals surface area (Å²) in [5, 5.41) is 14.3. The average molecular weight is 1140 g/mol. The van der Waals surface area contributed by atoms with Crippen LogP contribution in [0.15, 0.2) is 98.1 Å². The molecule has 4 N–H and O–H groups in total. The quantitative estimate of drug-likeness (QED) is 0.0263. The number of nitrogens with zero attached hydrogens (tertiary/aromatic N) is 4. The van der Waals surface area contributed by atoms with Crippen molar-refractivity contribution in [1.82, 2.24) is 0 Å². The highest BCUT2D eigenvalue weighted by Crippen LogP contribution is 2.14. The van der Waals surface area contributed by atoms with Crippen LogP contribution in [0, 0.1) is 0 Å². The van der Waals surface area contributed by atoms with Gasteiger partial charge in [0.25, 0.3) is 0 Å². The fraction of sp³-hybridized carbons (Fsp3) is 0.730. The molecule has 0 atom stereocenters. The molecule has 0 unspecified atom stereocenters. The maximum Gasteiger partial charge on any atom is 0.170 e. The number of unbranched alkanes of at least 4 members (excludes halogenated alkanes) is 34. The van der Waals surface area contributed by atoms with Crippen LogP contribution in [0.3, 0.4) is 0 Å². The minimum Gasteiger partial charge on any atom is -0.385 e. The molecule has 82 heavy (non-hydrogen) atoms. The molecular weight excluding hydrogens is 1000 g/mol. The number of aromatic nitrogens is 4. The molecule has 0 aliphatic carbocycles. The first kappa shape index (κ1) is 75.8. The van der Waals surface area contributed by atoms with Gasteiger partial charge in [-0.3, -0.25) is 0 Å². The van der Waals surface area contributed by atoms with E-state index in [1.54, 1.807) is 0 Å². The molecule has 8 nitrogen and oxygen atoms in total. The summed E-state index contributed by atoms with van der Waals surface area (Å²) in [5.41, 5.74) is 5.04. The van der Waals surface area contributed by atoms with Crippen molar-refractivity contribution >= 4 is 22.7 Å². The van der Waals surface area contributed by atoms with Gasteiger partial charge in [0.1, 0.15) is 26.2 Å². The van der Waals surface area contributed by atoms with Gasteiger partial charge >= 0.3 is 0 Å². The van der Waals surface area contributed by atoms with Crippen LogP contribution in [0.2, 0.25) is 0 Å². The van der Waals surface area contributed by atoms with Crippen molar-refractivity contribution < 1.29 is 18.3 Å². The molecule has 0 amide bonds. The zero-order chi connectivity index (χ0) is 56.7. The van der Waals surface area contributed by atoms with Crippen molar-refractivity contribution in [1.29, 1.82) is 0 Å². The van der Waals surface area contributed by atoms with Crippen molar-refractivity contribution in [2.45, 2.75) is 326 Å². The SMILES string of the molecule is C.C.CCCCCCCCNc1cc[n+](CCCCCCCCCC[n+]2ccc(NCCCCCCCC)cc2)cc1.CCCCCCCCNc1cc[n+](CCCCCCCCCC[n+]2ccc(NCCCCCCCC)cc2)cc1. The Hall–Kier alpha value is -4.20. The van der Waals surface area contributed by atoms with Crippen LogP contribution >= 0.6 is 0 Å². The molecular formula is C74H136N8+4. The van der Waals surface area contributed by atoms with Gasteiger partial charge in [0.15, 0.2) is 49.6 Å². The standard InChI is InChI=1S/2C36H62N4.2CH4/c2*1-3-5-7-9-15-19-27-37-35-23-31-39(32-24-35)29-21-17-13-11-12-14-18-22-30-40-33-25-36(26-34-40)38-28-20-16-10-8-6-4-2;;/h2*23-26,31-34H,3-22,27-30H2,1-2H3;2*1H4/p+4. The van der Waals surface area contributed by atoms with E-state index in [4.69, 9.17) is 0 Å². The maximum absolute atomic E-state index is 3.58. The number of pyridine rings is 4. The third kappa shape index (κ3) is 44.3. The van der Waals surface area contributed by atoms with E-state index in [-0.39, 0.29) is 14.9 Å². The van der Waals surface area contributed by atoms with Crippen molar-refractivity contribution in [2.24, 2.45) is 0 Å². The summed E-state index contributed by atoms with van der Waals surface area (Å²) in [4.78, 5) is 0. The van der Waals surface area contributed by atoms with Crippen molar-refractivity contribution in [3.05, 3.63) is 98.1 Å². The lowest BCUT2D eigenvalue weighted by Crippen LogP contribution is -2.32. The van der Waals surface area contributed by atoms with Gasteiger partial charge in [-0.05, 0) is 51.4 Å². The minimum absolute atomic E-state index is 0. The zero-order valence-corrected chi connectivity index (χ0v) is 53.0. The Morgan fingerprint density at radius 3 is 0.524 bits per heavy atom. The summed E-state index contributed by atoms with van der Waals surface area (Å²) in [5.74, 6) is 0. The number of rotatable bonds is 54. The van der Waals surface area contributed by atoms with Crippen LogP contribution in [0.5, 0.6) is 0 Å². The van der Waals surface area contributed by atoms with Gasteiger partial charge in [-0.25, -0.2) is 18.3 Å². The molecule has 0 aromatic carbocycles. The fourth-order valence-corrected chi connectivity index (χ4v) is 10.7.